The number of urea groups is 1. The zero-order valence-electron chi connectivity index (χ0n) is 15.4. The molecule has 7 nitrogen and oxygen atoms in total. The highest BCUT2D eigenvalue weighted by Crippen LogP contribution is 2.25. The topological polar surface area (TPSA) is 96.2 Å². The van der Waals surface area contributed by atoms with Crippen molar-refractivity contribution in [2.45, 2.75) is 77.8 Å². The molecule has 0 bridgehead atoms. The quantitative estimate of drug-likeness (QED) is 0.700. The summed E-state index contributed by atoms with van der Waals surface area (Å²) >= 11 is 0. The van der Waals surface area contributed by atoms with Gasteiger partial charge >= 0.3 is 12.0 Å². The maximum Gasteiger partial charge on any atom is 0.319 e. The number of carbonyl (C=O) groups is 2. The van der Waals surface area contributed by atoms with Crippen LogP contribution in [0.3, 0.4) is 0 Å². The summed E-state index contributed by atoms with van der Waals surface area (Å²) in [4.78, 5) is 23.3. The molecule has 1 fully saturated rings. The number of carboxylic acid groups (broad SMARTS) is 1. The molecular weight excluding hydrogens is 320 g/mol. The van der Waals surface area contributed by atoms with E-state index in [1.54, 1.807) is 6.20 Å². The summed E-state index contributed by atoms with van der Waals surface area (Å²) in [6.45, 7) is 6.34. The Labute approximate surface area is 149 Å². The number of anilines is 1. The molecule has 0 unspecified atom stereocenters. The van der Waals surface area contributed by atoms with Gasteiger partial charge in [0.05, 0.1) is 29.5 Å². The van der Waals surface area contributed by atoms with Gasteiger partial charge in [-0.15, -0.1) is 0 Å². The largest absolute Gasteiger partial charge is 0.481 e. The molecular formula is C18H30N4O3. The summed E-state index contributed by atoms with van der Waals surface area (Å²) in [7, 11) is 0. The normalized spacial score (nSPS) is 20.5. The van der Waals surface area contributed by atoms with E-state index < -0.39 is 5.97 Å². The van der Waals surface area contributed by atoms with Gasteiger partial charge in [-0.25, -0.2) is 4.79 Å². The second-order valence-electron chi connectivity index (χ2n) is 6.76. The Morgan fingerprint density at radius 1 is 1.24 bits per heavy atom. The van der Waals surface area contributed by atoms with E-state index in [2.05, 4.69) is 36.5 Å². The van der Waals surface area contributed by atoms with Gasteiger partial charge in [0.25, 0.3) is 0 Å². The predicted molar refractivity (Wildman–Crippen MR) is 96.8 cm³/mol. The van der Waals surface area contributed by atoms with Gasteiger partial charge in [-0.2, -0.15) is 5.10 Å². The molecule has 0 aliphatic heterocycles. The Hall–Kier alpha value is -2.05. The van der Waals surface area contributed by atoms with Gasteiger partial charge in [0, 0.05) is 6.04 Å². The first kappa shape index (κ1) is 19.3. The molecule has 0 radical (unpaired) electrons. The van der Waals surface area contributed by atoms with Crippen LogP contribution in [0.25, 0.3) is 0 Å². The van der Waals surface area contributed by atoms with Crippen molar-refractivity contribution in [3.05, 3.63) is 11.9 Å². The van der Waals surface area contributed by atoms with Crippen LogP contribution in [-0.2, 0) is 11.2 Å². The Morgan fingerprint density at radius 2 is 1.88 bits per heavy atom. The van der Waals surface area contributed by atoms with Crippen LogP contribution in [-0.4, -0.2) is 32.9 Å². The van der Waals surface area contributed by atoms with Crippen molar-refractivity contribution in [3.63, 3.8) is 0 Å². The Balaban J connectivity index is 1.94. The molecule has 25 heavy (non-hydrogen) atoms. The van der Waals surface area contributed by atoms with E-state index in [9.17, 15) is 9.59 Å². The molecule has 2 rings (SSSR count). The van der Waals surface area contributed by atoms with E-state index in [1.165, 1.54) is 0 Å². The number of hydrogen-bond acceptors (Lipinski definition) is 3. The number of hydrogen-bond donors (Lipinski definition) is 3. The summed E-state index contributed by atoms with van der Waals surface area (Å²) in [6, 6.07) is 0.146. The minimum absolute atomic E-state index is 0.0368. The molecule has 0 saturated heterocycles. The van der Waals surface area contributed by atoms with Crippen molar-refractivity contribution < 1.29 is 14.7 Å². The van der Waals surface area contributed by atoms with Crippen molar-refractivity contribution >= 4 is 17.7 Å². The van der Waals surface area contributed by atoms with Crippen LogP contribution in [0.4, 0.5) is 10.5 Å². The SMILES string of the molecule is CCc1c(NC(=O)NC2CCC(C(=O)O)CC2)cnn1C(CC)CC. The minimum Gasteiger partial charge on any atom is -0.481 e. The molecule has 1 aromatic heterocycles. The molecule has 7 heteroatoms. The van der Waals surface area contributed by atoms with Gasteiger partial charge in [-0.1, -0.05) is 20.8 Å². The van der Waals surface area contributed by atoms with E-state index in [0.29, 0.717) is 31.7 Å². The zero-order valence-corrected chi connectivity index (χ0v) is 15.4. The van der Waals surface area contributed by atoms with Gasteiger partial charge in [0.1, 0.15) is 0 Å². The first-order valence-electron chi connectivity index (χ1n) is 9.36. The van der Waals surface area contributed by atoms with Gasteiger partial charge in [0.2, 0.25) is 0 Å². The molecule has 1 saturated carbocycles. The monoisotopic (exact) mass is 350 g/mol. The van der Waals surface area contributed by atoms with Crippen LogP contribution in [0.1, 0.15) is 71.0 Å². The van der Waals surface area contributed by atoms with Crippen LogP contribution < -0.4 is 10.6 Å². The number of carboxylic acids is 1. The fraction of sp³-hybridized carbons (Fsp3) is 0.722. The Kier molecular flexibility index (Phi) is 6.84. The average molecular weight is 350 g/mol. The number of nitrogens with one attached hydrogen (secondary N) is 2. The minimum atomic E-state index is -0.732. The molecule has 1 aliphatic carbocycles. The molecule has 2 amide bonds. The van der Waals surface area contributed by atoms with Gasteiger partial charge < -0.3 is 15.7 Å². The summed E-state index contributed by atoms with van der Waals surface area (Å²) in [5, 5.41) is 19.4. The third-order valence-electron chi connectivity index (χ3n) is 5.18. The maximum absolute atomic E-state index is 12.3. The number of aromatic nitrogens is 2. The fourth-order valence-electron chi connectivity index (χ4n) is 3.62. The maximum atomic E-state index is 12.3. The predicted octanol–water partition coefficient (Wildman–Crippen LogP) is 3.57. The lowest BCUT2D eigenvalue weighted by Crippen LogP contribution is -2.41. The third kappa shape index (κ3) is 4.74. The van der Waals surface area contributed by atoms with E-state index in [-0.39, 0.29) is 18.0 Å². The molecule has 1 aliphatic rings. The second-order valence-corrected chi connectivity index (χ2v) is 6.76. The van der Waals surface area contributed by atoms with Crippen LogP contribution in [0.15, 0.2) is 6.20 Å². The van der Waals surface area contributed by atoms with Crippen molar-refractivity contribution in [2.75, 3.05) is 5.32 Å². The molecule has 0 spiro atoms. The lowest BCUT2D eigenvalue weighted by Gasteiger charge is -2.26. The van der Waals surface area contributed by atoms with Gasteiger partial charge in [0.15, 0.2) is 0 Å². The number of carbonyl (C=O) groups excluding carboxylic acids is 1. The third-order valence-corrected chi connectivity index (χ3v) is 5.18. The summed E-state index contributed by atoms with van der Waals surface area (Å²) < 4.78 is 2.02. The van der Waals surface area contributed by atoms with Crippen molar-refractivity contribution in [1.29, 1.82) is 0 Å². The van der Waals surface area contributed by atoms with Crippen LogP contribution in [0.2, 0.25) is 0 Å². The Bertz CT molecular complexity index is 587. The lowest BCUT2D eigenvalue weighted by molar-refractivity contribution is -0.142. The van der Waals surface area contributed by atoms with Crippen molar-refractivity contribution in [3.8, 4) is 0 Å². The molecule has 0 atom stereocenters. The second kappa shape index (κ2) is 8.87. The number of rotatable bonds is 7. The number of amides is 2. The first-order chi connectivity index (χ1) is 12.0. The van der Waals surface area contributed by atoms with E-state index in [4.69, 9.17) is 5.11 Å². The Morgan fingerprint density at radius 3 is 2.40 bits per heavy atom. The molecule has 140 valence electrons. The molecule has 3 N–H and O–H groups in total. The standard InChI is InChI=1S/C18H30N4O3/c1-4-14(5-2)22-16(6-3)15(11-19-22)21-18(25)20-13-9-7-12(8-10-13)17(23)24/h11-14H,4-10H2,1-3H3,(H,23,24)(H2,20,21,25). The van der Waals surface area contributed by atoms with E-state index in [1.807, 2.05) is 4.68 Å². The van der Waals surface area contributed by atoms with E-state index >= 15 is 0 Å². The highest BCUT2D eigenvalue weighted by Gasteiger charge is 2.27. The number of aliphatic carboxylic acids is 1. The highest BCUT2D eigenvalue weighted by atomic mass is 16.4. The van der Waals surface area contributed by atoms with Gasteiger partial charge in [-0.05, 0) is 44.9 Å². The van der Waals surface area contributed by atoms with Crippen LogP contribution in [0.5, 0.6) is 0 Å². The first-order valence-corrected chi connectivity index (χ1v) is 9.36. The summed E-state index contributed by atoms with van der Waals surface area (Å²) in [6.07, 6.45) is 7.18. The lowest BCUT2D eigenvalue weighted by atomic mass is 9.86. The van der Waals surface area contributed by atoms with E-state index in [0.717, 1.165) is 30.6 Å². The van der Waals surface area contributed by atoms with Crippen LogP contribution >= 0.6 is 0 Å². The summed E-state index contributed by atoms with van der Waals surface area (Å²) in [5.74, 6) is -1.00. The highest BCUT2D eigenvalue weighted by molar-refractivity contribution is 5.90. The average Bonchev–Trinajstić information content (AvgIpc) is 2.98. The smallest absolute Gasteiger partial charge is 0.319 e. The fourth-order valence-corrected chi connectivity index (χ4v) is 3.62. The summed E-state index contributed by atoms with van der Waals surface area (Å²) in [5.41, 5.74) is 1.80. The zero-order chi connectivity index (χ0) is 18.4. The molecule has 0 aromatic carbocycles. The van der Waals surface area contributed by atoms with Crippen LogP contribution in [0, 0.1) is 5.92 Å². The molecule has 1 heterocycles. The van der Waals surface area contributed by atoms with Gasteiger partial charge in [-0.3, -0.25) is 9.48 Å². The molecule has 1 aromatic rings. The number of nitrogens with zero attached hydrogens (tertiary/aromatic N) is 2. The van der Waals surface area contributed by atoms with Crippen molar-refractivity contribution in [2.24, 2.45) is 5.92 Å². The van der Waals surface area contributed by atoms with Crippen molar-refractivity contribution in [1.82, 2.24) is 15.1 Å².